The molecule has 0 saturated carbocycles. The lowest BCUT2D eigenvalue weighted by Crippen LogP contribution is -2.32. The lowest BCUT2D eigenvalue weighted by Gasteiger charge is -2.27. The van der Waals surface area contributed by atoms with Gasteiger partial charge in [-0.05, 0) is 58.2 Å². The van der Waals surface area contributed by atoms with E-state index in [0.29, 0.717) is 12.1 Å². The van der Waals surface area contributed by atoms with Crippen LogP contribution in [0.15, 0.2) is 24.3 Å². The lowest BCUT2D eigenvalue weighted by atomic mass is 10.1. The van der Waals surface area contributed by atoms with Crippen LogP contribution in [0.1, 0.15) is 52.1 Å². The monoisotopic (exact) mass is 338 g/mol. The third kappa shape index (κ3) is 4.56. The summed E-state index contributed by atoms with van der Waals surface area (Å²) in [7, 11) is 0. The first-order valence-corrected chi connectivity index (χ1v) is 8.97. The molecule has 1 aromatic heterocycles. The van der Waals surface area contributed by atoms with Gasteiger partial charge in [-0.3, -0.25) is 4.79 Å². The molecule has 25 heavy (non-hydrogen) atoms. The predicted molar refractivity (Wildman–Crippen MR) is 99.9 cm³/mol. The second-order valence-electron chi connectivity index (χ2n) is 6.91. The molecular weight excluding hydrogens is 312 g/mol. The highest BCUT2D eigenvalue weighted by molar-refractivity contribution is 5.94. The summed E-state index contributed by atoms with van der Waals surface area (Å²) < 4.78 is 0. The highest BCUT2D eigenvalue weighted by Crippen LogP contribution is 2.17. The number of aromatic nitrogens is 2. The maximum atomic E-state index is 12.4. The van der Waals surface area contributed by atoms with Gasteiger partial charge in [-0.1, -0.05) is 17.2 Å². The van der Waals surface area contributed by atoms with Crippen LogP contribution in [-0.2, 0) is 6.54 Å². The SMILES string of the molecule is Cc1cc(C)cc(C(=O)NCc2cc(C)nc(N3CCCCC3)n2)c1. The number of amides is 1. The van der Waals surface area contributed by atoms with Crippen LogP contribution in [0.4, 0.5) is 5.95 Å². The van der Waals surface area contributed by atoms with Crippen molar-refractivity contribution in [2.24, 2.45) is 0 Å². The summed E-state index contributed by atoms with van der Waals surface area (Å²) in [6, 6.07) is 7.82. The van der Waals surface area contributed by atoms with E-state index in [4.69, 9.17) is 0 Å². The Morgan fingerprint density at radius 1 is 1.00 bits per heavy atom. The summed E-state index contributed by atoms with van der Waals surface area (Å²) in [5, 5.41) is 2.98. The van der Waals surface area contributed by atoms with E-state index in [1.54, 1.807) is 0 Å². The Morgan fingerprint density at radius 3 is 2.36 bits per heavy atom. The zero-order valence-corrected chi connectivity index (χ0v) is 15.3. The number of nitrogens with zero attached hydrogens (tertiary/aromatic N) is 3. The number of carbonyl (C=O) groups excluding carboxylic acids is 1. The maximum absolute atomic E-state index is 12.4. The van der Waals surface area contributed by atoms with Crippen LogP contribution in [0, 0.1) is 20.8 Å². The van der Waals surface area contributed by atoms with E-state index < -0.39 is 0 Å². The summed E-state index contributed by atoms with van der Waals surface area (Å²) >= 11 is 0. The number of nitrogens with one attached hydrogen (secondary N) is 1. The minimum absolute atomic E-state index is 0.0670. The molecule has 1 N–H and O–H groups in total. The predicted octanol–water partition coefficient (Wildman–Crippen LogP) is 3.32. The number of hydrogen-bond acceptors (Lipinski definition) is 4. The van der Waals surface area contributed by atoms with Crippen molar-refractivity contribution in [2.45, 2.75) is 46.6 Å². The molecule has 0 bridgehead atoms. The number of aryl methyl sites for hydroxylation is 3. The first-order valence-electron chi connectivity index (χ1n) is 8.97. The highest BCUT2D eigenvalue weighted by atomic mass is 16.1. The molecule has 0 radical (unpaired) electrons. The average Bonchev–Trinajstić information content (AvgIpc) is 2.59. The molecule has 0 aliphatic carbocycles. The largest absolute Gasteiger partial charge is 0.346 e. The van der Waals surface area contributed by atoms with Crippen LogP contribution in [0.2, 0.25) is 0 Å². The van der Waals surface area contributed by atoms with Crippen molar-refractivity contribution < 1.29 is 4.79 Å². The molecular formula is C20H26N4O. The Labute approximate surface area is 149 Å². The summed E-state index contributed by atoms with van der Waals surface area (Å²) in [4.78, 5) is 23.9. The van der Waals surface area contributed by atoms with Crippen molar-refractivity contribution >= 4 is 11.9 Å². The van der Waals surface area contributed by atoms with Crippen LogP contribution in [0.25, 0.3) is 0 Å². The second-order valence-corrected chi connectivity index (χ2v) is 6.91. The molecule has 132 valence electrons. The molecule has 1 aromatic carbocycles. The fourth-order valence-electron chi connectivity index (χ4n) is 3.32. The van der Waals surface area contributed by atoms with Gasteiger partial charge in [0.05, 0.1) is 12.2 Å². The molecule has 1 saturated heterocycles. The molecule has 1 fully saturated rings. The maximum Gasteiger partial charge on any atom is 0.251 e. The van der Waals surface area contributed by atoms with Gasteiger partial charge < -0.3 is 10.2 Å². The zero-order chi connectivity index (χ0) is 17.8. The van der Waals surface area contributed by atoms with E-state index in [2.05, 4.69) is 26.3 Å². The Hall–Kier alpha value is -2.43. The third-order valence-electron chi connectivity index (χ3n) is 4.45. The smallest absolute Gasteiger partial charge is 0.251 e. The van der Waals surface area contributed by atoms with Crippen LogP contribution >= 0.6 is 0 Å². The van der Waals surface area contributed by atoms with Crippen molar-refractivity contribution in [3.05, 3.63) is 52.3 Å². The van der Waals surface area contributed by atoms with Crippen molar-refractivity contribution in [3.8, 4) is 0 Å². The molecule has 2 heterocycles. The summed E-state index contributed by atoms with van der Waals surface area (Å²) in [5.74, 6) is 0.720. The van der Waals surface area contributed by atoms with Crippen LogP contribution in [0.3, 0.4) is 0 Å². The fourth-order valence-corrected chi connectivity index (χ4v) is 3.32. The number of rotatable bonds is 4. The first kappa shape index (κ1) is 17.4. The summed E-state index contributed by atoms with van der Waals surface area (Å²) in [5.41, 5.74) is 4.67. The second kappa shape index (κ2) is 7.64. The van der Waals surface area contributed by atoms with Gasteiger partial charge in [0.25, 0.3) is 5.91 Å². The average molecular weight is 338 g/mol. The van der Waals surface area contributed by atoms with E-state index in [0.717, 1.165) is 41.6 Å². The summed E-state index contributed by atoms with van der Waals surface area (Å²) in [6.45, 7) is 8.42. The quantitative estimate of drug-likeness (QED) is 0.929. The van der Waals surface area contributed by atoms with Crippen LogP contribution < -0.4 is 10.2 Å². The van der Waals surface area contributed by atoms with Gasteiger partial charge >= 0.3 is 0 Å². The molecule has 1 aliphatic rings. The van der Waals surface area contributed by atoms with Gasteiger partial charge in [-0.15, -0.1) is 0 Å². The van der Waals surface area contributed by atoms with Crippen LogP contribution in [0.5, 0.6) is 0 Å². The van der Waals surface area contributed by atoms with E-state index in [9.17, 15) is 4.79 Å². The molecule has 3 rings (SSSR count). The Morgan fingerprint density at radius 2 is 1.68 bits per heavy atom. The van der Waals surface area contributed by atoms with E-state index in [1.807, 2.05) is 39.0 Å². The minimum Gasteiger partial charge on any atom is -0.346 e. The number of anilines is 1. The van der Waals surface area contributed by atoms with Crippen LogP contribution in [-0.4, -0.2) is 29.0 Å². The van der Waals surface area contributed by atoms with E-state index >= 15 is 0 Å². The summed E-state index contributed by atoms with van der Waals surface area (Å²) in [6.07, 6.45) is 3.66. The van der Waals surface area contributed by atoms with Crippen molar-refractivity contribution in [1.82, 2.24) is 15.3 Å². The standard InChI is InChI=1S/C20H26N4O/c1-14-9-15(2)11-17(10-14)19(25)21-13-18-12-16(3)22-20(23-18)24-7-5-4-6-8-24/h9-12H,4-8,13H2,1-3H3,(H,21,25). The topological polar surface area (TPSA) is 58.1 Å². The molecule has 5 heteroatoms. The van der Waals surface area contributed by atoms with Gasteiger partial charge in [0.1, 0.15) is 0 Å². The Balaban J connectivity index is 1.70. The third-order valence-corrected chi connectivity index (χ3v) is 4.45. The number of benzene rings is 1. The number of carbonyl (C=O) groups is 1. The molecule has 5 nitrogen and oxygen atoms in total. The van der Waals surface area contributed by atoms with E-state index in [1.165, 1.54) is 19.3 Å². The molecule has 2 aromatic rings. The van der Waals surface area contributed by atoms with Gasteiger partial charge in [-0.2, -0.15) is 0 Å². The minimum atomic E-state index is -0.0670. The van der Waals surface area contributed by atoms with Gasteiger partial charge in [-0.25, -0.2) is 9.97 Å². The fraction of sp³-hybridized carbons (Fsp3) is 0.450. The van der Waals surface area contributed by atoms with E-state index in [-0.39, 0.29) is 5.91 Å². The van der Waals surface area contributed by atoms with Gasteiger partial charge in [0, 0.05) is 24.3 Å². The lowest BCUT2D eigenvalue weighted by molar-refractivity contribution is 0.0950. The molecule has 1 amide bonds. The first-order chi connectivity index (χ1) is 12.0. The number of hydrogen-bond donors (Lipinski definition) is 1. The van der Waals surface area contributed by atoms with Gasteiger partial charge in [0.15, 0.2) is 0 Å². The molecule has 0 unspecified atom stereocenters. The molecule has 0 spiro atoms. The van der Waals surface area contributed by atoms with Crippen molar-refractivity contribution in [3.63, 3.8) is 0 Å². The normalized spacial score (nSPS) is 14.4. The Bertz CT molecular complexity index is 746. The molecule has 1 aliphatic heterocycles. The van der Waals surface area contributed by atoms with Crippen molar-refractivity contribution in [1.29, 1.82) is 0 Å². The Kier molecular flexibility index (Phi) is 5.31. The number of piperidine rings is 1. The van der Waals surface area contributed by atoms with Gasteiger partial charge in [0.2, 0.25) is 5.95 Å². The zero-order valence-electron chi connectivity index (χ0n) is 15.3. The molecule has 0 atom stereocenters. The van der Waals surface area contributed by atoms with Crippen molar-refractivity contribution in [2.75, 3.05) is 18.0 Å². The highest BCUT2D eigenvalue weighted by Gasteiger charge is 2.15.